The zero-order valence-electron chi connectivity index (χ0n) is 5.55. The number of halogens is 1. The Bertz CT molecular complexity index is 80.8. The van der Waals surface area contributed by atoms with Crippen molar-refractivity contribution in [3.05, 3.63) is 36.4 Å². The Morgan fingerprint density at radius 2 is 0.778 bits per heavy atom. The van der Waals surface area contributed by atoms with Gasteiger partial charge in [0.1, 0.15) is 0 Å². The van der Waals surface area contributed by atoms with E-state index in [2.05, 4.69) is 11.6 Å². The van der Waals surface area contributed by atoms with Gasteiger partial charge in [0.05, 0.1) is 0 Å². The molecule has 0 saturated heterocycles. The summed E-state index contributed by atoms with van der Waals surface area (Å²) in [6.07, 6.45) is 1.47. The zero-order valence-corrected chi connectivity index (χ0v) is 6.31. The van der Waals surface area contributed by atoms with Crippen LogP contribution in [0.15, 0.2) is 36.4 Å². The van der Waals surface area contributed by atoms with E-state index >= 15 is 0 Å². The van der Waals surface area contributed by atoms with Gasteiger partial charge < -0.3 is 6.15 Å². The smallest absolute Gasteiger partial charge is 0.0108 e. The monoisotopic (exact) mass is 145 g/mol. The van der Waals surface area contributed by atoms with Crippen molar-refractivity contribution in [2.24, 2.45) is 0 Å². The topological polar surface area (TPSA) is 35.0 Å². The minimum absolute atomic E-state index is 0. The third-order valence-corrected chi connectivity index (χ3v) is 0.667. The third-order valence-electron chi connectivity index (χ3n) is 0.667. The van der Waals surface area contributed by atoms with E-state index in [1.807, 2.05) is 36.4 Å². The number of benzene rings is 1. The molecule has 52 valence electrons. The second-order valence-electron chi connectivity index (χ2n) is 1.15. The molecule has 0 aromatic heterocycles. The van der Waals surface area contributed by atoms with E-state index in [0.29, 0.717) is 0 Å². The fraction of sp³-hybridized carbons (Fsp3) is 0.143. The van der Waals surface area contributed by atoms with Crippen molar-refractivity contribution in [3.8, 4) is 0 Å². The van der Waals surface area contributed by atoms with Gasteiger partial charge in [-0.1, -0.05) is 36.4 Å². The van der Waals surface area contributed by atoms with Gasteiger partial charge in [0, 0.05) is 6.38 Å². The van der Waals surface area contributed by atoms with E-state index in [9.17, 15) is 0 Å². The van der Waals surface area contributed by atoms with Crippen molar-refractivity contribution >= 4 is 11.6 Å². The summed E-state index contributed by atoms with van der Waals surface area (Å²) in [6.45, 7) is 0. The molecule has 0 saturated carbocycles. The minimum atomic E-state index is 0. The first-order valence-corrected chi connectivity index (χ1v) is 3.13. The van der Waals surface area contributed by atoms with Crippen molar-refractivity contribution in [2.45, 2.75) is 0 Å². The van der Waals surface area contributed by atoms with Crippen LogP contribution in [0.3, 0.4) is 0 Å². The lowest BCUT2D eigenvalue weighted by Gasteiger charge is -1.69. The molecule has 0 unspecified atom stereocenters. The van der Waals surface area contributed by atoms with Crippen LogP contribution in [0.1, 0.15) is 0 Å². The molecule has 0 radical (unpaired) electrons. The van der Waals surface area contributed by atoms with E-state index in [0.717, 1.165) is 0 Å². The maximum atomic E-state index is 4.64. The summed E-state index contributed by atoms with van der Waals surface area (Å²) in [5.41, 5.74) is 0. The number of hydrogen-bond acceptors (Lipinski definition) is 1. The molecule has 0 spiro atoms. The van der Waals surface area contributed by atoms with Gasteiger partial charge in [-0.3, -0.25) is 0 Å². The maximum Gasteiger partial charge on any atom is 0.0108 e. The highest BCUT2D eigenvalue weighted by molar-refractivity contribution is 6.15. The molecule has 1 nitrogen and oxygen atoms in total. The average Bonchev–Trinajstić information content (AvgIpc) is 1.96. The van der Waals surface area contributed by atoms with Crippen LogP contribution in [-0.4, -0.2) is 6.38 Å². The summed E-state index contributed by atoms with van der Waals surface area (Å²) in [5.74, 6) is 0. The van der Waals surface area contributed by atoms with Crippen LogP contribution in [0.5, 0.6) is 0 Å². The summed E-state index contributed by atoms with van der Waals surface area (Å²) < 4.78 is 0. The van der Waals surface area contributed by atoms with Gasteiger partial charge in [-0.2, -0.15) is 0 Å². The molecule has 0 atom stereocenters. The highest BCUT2D eigenvalue weighted by atomic mass is 35.5. The predicted octanol–water partition coefficient (Wildman–Crippen LogP) is 2.70. The molecule has 0 aliphatic carbocycles. The van der Waals surface area contributed by atoms with Gasteiger partial charge >= 0.3 is 0 Å². The van der Waals surface area contributed by atoms with Crippen LogP contribution in [0.25, 0.3) is 0 Å². The van der Waals surface area contributed by atoms with Crippen molar-refractivity contribution in [1.29, 1.82) is 0 Å². The predicted molar refractivity (Wildman–Crippen MR) is 43.2 cm³/mol. The van der Waals surface area contributed by atoms with E-state index in [4.69, 9.17) is 0 Å². The fourth-order valence-electron chi connectivity index (χ4n) is 0.385. The summed E-state index contributed by atoms with van der Waals surface area (Å²) in [5, 5.41) is 0. The van der Waals surface area contributed by atoms with E-state index in [1.165, 1.54) is 6.38 Å². The normalized spacial score (nSPS) is 6.00. The number of alkyl halides is 1. The lowest BCUT2D eigenvalue weighted by atomic mass is 10.4. The van der Waals surface area contributed by atoms with E-state index in [1.54, 1.807) is 0 Å². The molecule has 3 N–H and O–H groups in total. The summed E-state index contributed by atoms with van der Waals surface area (Å²) in [6, 6.07) is 12.0. The fourth-order valence-corrected chi connectivity index (χ4v) is 0.385. The van der Waals surface area contributed by atoms with Crippen LogP contribution < -0.4 is 6.15 Å². The van der Waals surface area contributed by atoms with Gasteiger partial charge in [0.2, 0.25) is 0 Å². The molecule has 1 rings (SSSR count). The van der Waals surface area contributed by atoms with Crippen molar-refractivity contribution in [3.63, 3.8) is 0 Å². The van der Waals surface area contributed by atoms with Crippen LogP contribution in [0.2, 0.25) is 0 Å². The van der Waals surface area contributed by atoms with E-state index in [-0.39, 0.29) is 6.15 Å². The summed E-state index contributed by atoms with van der Waals surface area (Å²) in [4.78, 5) is 0. The first-order valence-electron chi connectivity index (χ1n) is 2.38. The Kier molecular flexibility index (Phi) is 13.1. The highest BCUT2D eigenvalue weighted by Gasteiger charge is 1.57. The largest absolute Gasteiger partial charge is 0.344 e. The standard InChI is InChI=1S/C6H6.CH3Cl.H3N/c1-2-4-6-5-3-1;1-2;/h1-6H;1H3;1H3. The molecular formula is C7H12ClN. The molecule has 9 heavy (non-hydrogen) atoms. The van der Waals surface area contributed by atoms with Gasteiger partial charge in [0.25, 0.3) is 0 Å². The second kappa shape index (κ2) is 10.5. The van der Waals surface area contributed by atoms with Crippen molar-refractivity contribution in [2.75, 3.05) is 6.38 Å². The molecule has 0 amide bonds. The number of rotatable bonds is 0. The first-order chi connectivity index (χ1) is 4.00. The maximum absolute atomic E-state index is 4.64. The lowest BCUT2D eigenvalue weighted by molar-refractivity contribution is 1.72. The summed E-state index contributed by atoms with van der Waals surface area (Å²) in [7, 11) is 0. The van der Waals surface area contributed by atoms with Crippen LogP contribution in [0.4, 0.5) is 0 Å². The SMILES string of the molecule is CCl.N.c1ccccc1. The van der Waals surface area contributed by atoms with Crippen molar-refractivity contribution in [1.82, 2.24) is 6.15 Å². The van der Waals surface area contributed by atoms with Gasteiger partial charge in [-0.25, -0.2) is 0 Å². The Hall–Kier alpha value is -0.530. The Balaban J connectivity index is 0. The molecule has 0 fully saturated rings. The quantitative estimate of drug-likeness (QED) is 0.560. The first kappa shape index (κ1) is 11.3. The minimum Gasteiger partial charge on any atom is -0.344 e. The van der Waals surface area contributed by atoms with Gasteiger partial charge in [0.15, 0.2) is 0 Å². The highest BCUT2D eigenvalue weighted by Crippen LogP contribution is 1.79. The zero-order chi connectivity index (χ0) is 6.24. The van der Waals surface area contributed by atoms with Crippen LogP contribution >= 0.6 is 11.6 Å². The molecule has 0 aliphatic heterocycles. The average molecular weight is 146 g/mol. The Morgan fingerprint density at radius 1 is 0.667 bits per heavy atom. The third kappa shape index (κ3) is 7.47. The molecule has 1 aromatic rings. The van der Waals surface area contributed by atoms with Crippen LogP contribution in [-0.2, 0) is 0 Å². The molecular weight excluding hydrogens is 134 g/mol. The molecule has 2 heteroatoms. The Labute approximate surface area is 61.2 Å². The molecule has 0 heterocycles. The molecule has 0 bridgehead atoms. The lowest BCUT2D eigenvalue weighted by Crippen LogP contribution is -1.47. The summed E-state index contributed by atoms with van der Waals surface area (Å²) >= 11 is 4.64. The molecule has 1 aromatic carbocycles. The van der Waals surface area contributed by atoms with Gasteiger partial charge in [-0.15, -0.1) is 11.6 Å². The number of hydrogen-bond donors (Lipinski definition) is 1. The van der Waals surface area contributed by atoms with E-state index < -0.39 is 0 Å². The van der Waals surface area contributed by atoms with Crippen LogP contribution in [0, 0.1) is 0 Å². The molecule has 0 aliphatic rings. The second-order valence-corrected chi connectivity index (χ2v) is 1.15. The van der Waals surface area contributed by atoms with Gasteiger partial charge in [-0.05, 0) is 0 Å². The van der Waals surface area contributed by atoms with Crippen molar-refractivity contribution < 1.29 is 0 Å². The Morgan fingerprint density at radius 3 is 0.889 bits per heavy atom.